The van der Waals surface area contributed by atoms with Crippen molar-refractivity contribution in [3.8, 4) is 0 Å². The first-order valence-corrected chi connectivity index (χ1v) is 11.2. The van der Waals surface area contributed by atoms with E-state index in [4.69, 9.17) is 11.6 Å². The van der Waals surface area contributed by atoms with Gasteiger partial charge in [-0.3, -0.25) is 14.6 Å². The molecule has 1 amide bonds. The third kappa shape index (κ3) is 5.34. The van der Waals surface area contributed by atoms with Crippen molar-refractivity contribution < 1.29 is 4.79 Å². The number of carbonyl (C=O) groups excluding carboxylic acids is 1. The molecule has 0 saturated carbocycles. The molecule has 2 aliphatic rings. The van der Waals surface area contributed by atoms with Crippen LogP contribution < -0.4 is 4.90 Å². The Balaban J connectivity index is 1.20. The number of halogens is 1. The van der Waals surface area contributed by atoms with Crippen molar-refractivity contribution in [2.45, 2.75) is 13.5 Å². The van der Waals surface area contributed by atoms with Crippen LogP contribution in [0.1, 0.15) is 11.1 Å². The highest BCUT2D eigenvalue weighted by Gasteiger charge is 2.25. The van der Waals surface area contributed by atoms with Gasteiger partial charge in [0, 0.05) is 69.6 Å². The van der Waals surface area contributed by atoms with E-state index in [1.54, 1.807) is 0 Å². The standard InChI is InChI=1S/C24H31ClN4O/c1-20-4-2-3-5-23(20)28-14-10-27(11-15-28)19-24(30)29-16-12-26(13-17-29)18-21-6-8-22(25)9-7-21/h2-9H,10-19H2,1H3. The molecule has 2 aliphatic heterocycles. The molecule has 2 aromatic rings. The van der Waals surface area contributed by atoms with Crippen molar-refractivity contribution in [1.29, 1.82) is 0 Å². The topological polar surface area (TPSA) is 30.0 Å². The third-order valence-corrected chi connectivity index (χ3v) is 6.48. The smallest absolute Gasteiger partial charge is 0.236 e. The number of carbonyl (C=O) groups is 1. The van der Waals surface area contributed by atoms with E-state index in [9.17, 15) is 4.79 Å². The highest BCUT2D eigenvalue weighted by Crippen LogP contribution is 2.21. The third-order valence-electron chi connectivity index (χ3n) is 6.23. The highest BCUT2D eigenvalue weighted by atomic mass is 35.5. The van der Waals surface area contributed by atoms with Gasteiger partial charge in [0.2, 0.25) is 5.91 Å². The SMILES string of the molecule is Cc1ccccc1N1CCN(CC(=O)N2CCN(Cc3ccc(Cl)cc3)CC2)CC1. The zero-order chi connectivity index (χ0) is 20.9. The van der Waals surface area contributed by atoms with Crippen molar-refractivity contribution in [3.05, 3.63) is 64.7 Å². The number of aryl methyl sites for hydroxylation is 1. The van der Waals surface area contributed by atoms with Gasteiger partial charge < -0.3 is 9.80 Å². The van der Waals surface area contributed by atoms with E-state index in [1.807, 2.05) is 17.0 Å². The molecule has 6 heteroatoms. The summed E-state index contributed by atoms with van der Waals surface area (Å²) in [7, 11) is 0. The van der Waals surface area contributed by atoms with Gasteiger partial charge in [-0.05, 0) is 36.2 Å². The Morgan fingerprint density at radius 2 is 1.47 bits per heavy atom. The molecule has 0 aliphatic carbocycles. The summed E-state index contributed by atoms with van der Waals surface area (Å²) in [6, 6.07) is 16.6. The first kappa shape index (κ1) is 21.2. The minimum absolute atomic E-state index is 0.269. The molecule has 2 heterocycles. The van der Waals surface area contributed by atoms with E-state index in [-0.39, 0.29) is 5.91 Å². The first-order chi connectivity index (χ1) is 14.6. The second-order valence-electron chi connectivity index (χ2n) is 8.33. The van der Waals surface area contributed by atoms with Crippen molar-refractivity contribution >= 4 is 23.2 Å². The molecule has 0 atom stereocenters. The van der Waals surface area contributed by atoms with Crippen molar-refractivity contribution in [1.82, 2.24) is 14.7 Å². The molecule has 2 saturated heterocycles. The molecular weight excluding hydrogens is 396 g/mol. The molecule has 2 aromatic carbocycles. The molecule has 0 bridgehead atoms. The fourth-order valence-corrected chi connectivity index (χ4v) is 4.49. The van der Waals surface area contributed by atoms with Crippen LogP contribution in [0.5, 0.6) is 0 Å². The lowest BCUT2D eigenvalue weighted by Gasteiger charge is -2.39. The minimum Gasteiger partial charge on any atom is -0.369 e. The highest BCUT2D eigenvalue weighted by molar-refractivity contribution is 6.30. The molecule has 0 unspecified atom stereocenters. The van der Waals surface area contributed by atoms with Crippen LogP contribution in [-0.4, -0.2) is 79.5 Å². The average molecular weight is 427 g/mol. The molecular formula is C24H31ClN4O. The maximum Gasteiger partial charge on any atom is 0.236 e. The molecule has 30 heavy (non-hydrogen) atoms. The molecule has 160 valence electrons. The summed E-state index contributed by atoms with van der Waals surface area (Å²) in [5.74, 6) is 0.269. The molecule has 0 N–H and O–H groups in total. The number of para-hydroxylation sites is 1. The second-order valence-corrected chi connectivity index (χ2v) is 8.77. The van der Waals surface area contributed by atoms with Crippen molar-refractivity contribution in [3.63, 3.8) is 0 Å². The van der Waals surface area contributed by atoms with E-state index in [0.29, 0.717) is 6.54 Å². The second kappa shape index (κ2) is 9.82. The molecule has 2 fully saturated rings. The molecule has 0 spiro atoms. The molecule has 4 rings (SSSR count). The van der Waals surface area contributed by atoms with Crippen LogP contribution in [0, 0.1) is 6.92 Å². The van der Waals surface area contributed by atoms with Crippen LogP contribution in [0.4, 0.5) is 5.69 Å². The summed E-state index contributed by atoms with van der Waals surface area (Å²) < 4.78 is 0. The maximum absolute atomic E-state index is 12.8. The van der Waals surface area contributed by atoms with Gasteiger partial charge >= 0.3 is 0 Å². The largest absolute Gasteiger partial charge is 0.369 e. The average Bonchev–Trinajstić information content (AvgIpc) is 2.77. The van der Waals surface area contributed by atoms with Crippen LogP contribution in [0.25, 0.3) is 0 Å². The van der Waals surface area contributed by atoms with Gasteiger partial charge in [0.25, 0.3) is 0 Å². The summed E-state index contributed by atoms with van der Waals surface area (Å²) in [6.45, 7) is 10.9. The lowest BCUT2D eigenvalue weighted by atomic mass is 10.1. The van der Waals surface area contributed by atoms with E-state index in [2.05, 4.69) is 58.0 Å². The van der Waals surface area contributed by atoms with Gasteiger partial charge in [-0.15, -0.1) is 0 Å². The van der Waals surface area contributed by atoms with Gasteiger partial charge in [-0.2, -0.15) is 0 Å². The Morgan fingerprint density at radius 3 is 2.13 bits per heavy atom. The number of benzene rings is 2. The van der Waals surface area contributed by atoms with Gasteiger partial charge in [0.15, 0.2) is 0 Å². The Kier molecular flexibility index (Phi) is 6.93. The number of hydrogen-bond donors (Lipinski definition) is 0. The summed E-state index contributed by atoms with van der Waals surface area (Å²) >= 11 is 5.97. The number of amides is 1. The lowest BCUT2D eigenvalue weighted by Crippen LogP contribution is -2.53. The predicted molar refractivity (Wildman–Crippen MR) is 123 cm³/mol. The zero-order valence-corrected chi connectivity index (χ0v) is 18.5. The Hall–Kier alpha value is -2.08. The van der Waals surface area contributed by atoms with Crippen molar-refractivity contribution in [2.75, 3.05) is 63.8 Å². The summed E-state index contributed by atoms with van der Waals surface area (Å²) in [5, 5.41) is 0.772. The molecule has 0 aromatic heterocycles. The van der Waals surface area contributed by atoms with Crippen LogP contribution >= 0.6 is 11.6 Å². The van der Waals surface area contributed by atoms with E-state index >= 15 is 0 Å². The number of hydrogen-bond acceptors (Lipinski definition) is 4. The van der Waals surface area contributed by atoms with Crippen LogP contribution in [-0.2, 0) is 11.3 Å². The first-order valence-electron chi connectivity index (χ1n) is 10.9. The Morgan fingerprint density at radius 1 is 0.833 bits per heavy atom. The molecule has 5 nitrogen and oxygen atoms in total. The minimum atomic E-state index is 0.269. The molecule has 0 radical (unpaired) electrons. The lowest BCUT2D eigenvalue weighted by molar-refractivity contribution is -0.134. The van der Waals surface area contributed by atoms with E-state index in [0.717, 1.165) is 63.9 Å². The summed E-state index contributed by atoms with van der Waals surface area (Å²) in [5.41, 5.74) is 3.91. The fourth-order valence-electron chi connectivity index (χ4n) is 4.36. The normalized spacial score (nSPS) is 18.6. The monoisotopic (exact) mass is 426 g/mol. The van der Waals surface area contributed by atoms with Gasteiger partial charge in [-0.25, -0.2) is 0 Å². The number of anilines is 1. The van der Waals surface area contributed by atoms with Crippen molar-refractivity contribution in [2.24, 2.45) is 0 Å². The summed E-state index contributed by atoms with van der Waals surface area (Å²) in [6.07, 6.45) is 0. The van der Waals surface area contributed by atoms with Gasteiger partial charge in [0.05, 0.1) is 6.54 Å². The van der Waals surface area contributed by atoms with Gasteiger partial charge in [-0.1, -0.05) is 41.9 Å². The Labute approximate surface area is 184 Å². The van der Waals surface area contributed by atoms with Crippen LogP contribution in [0.2, 0.25) is 5.02 Å². The van der Waals surface area contributed by atoms with Gasteiger partial charge in [0.1, 0.15) is 0 Å². The number of piperazine rings is 2. The number of nitrogens with zero attached hydrogens (tertiary/aromatic N) is 4. The van der Waals surface area contributed by atoms with E-state index < -0.39 is 0 Å². The fraction of sp³-hybridized carbons (Fsp3) is 0.458. The quantitative estimate of drug-likeness (QED) is 0.734. The van der Waals surface area contributed by atoms with E-state index in [1.165, 1.54) is 16.8 Å². The maximum atomic E-state index is 12.8. The predicted octanol–water partition coefficient (Wildman–Crippen LogP) is 3.11. The zero-order valence-electron chi connectivity index (χ0n) is 17.8. The Bertz CT molecular complexity index is 841. The van der Waals surface area contributed by atoms with Crippen LogP contribution in [0.15, 0.2) is 48.5 Å². The van der Waals surface area contributed by atoms with Crippen LogP contribution in [0.3, 0.4) is 0 Å². The summed E-state index contributed by atoms with van der Waals surface area (Å²) in [4.78, 5) is 22.0. The number of rotatable bonds is 5.